The minimum absolute atomic E-state index is 0.0465. The molecule has 0 aromatic heterocycles. The molecule has 0 bridgehead atoms. The Kier molecular flexibility index (Phi) is 52.5. The first-order chi connectivity index (χ1) is 66.2. The van der Waals surface area contributed by atoms with Crippen molar-refractivity contribution in [2.75, 3.05) is 45.8 Å². The van der Waals surface area contributed by atoms with E-state index >= 15 is 0 Å². The summed E-state index contributed by atoms with van der Waals surface area (Å²) in [5, 5.41) is 0. The van der Waals surface area contributed by atoms with Gasteiger partial charge in [0.15, 0.2) is 0 Å². The van der Waals surface area contributed by atoms with Crippen LogP contribution in [0.5, 0.6) is 5.75 Å². The van der Waals surface area contributed by atoms with Crippen molar-refractivity contribution in [1.29, 1.82) is 0 Å². The van der Waals surface area contributed by atoms with Crippen molar-refractivity contribution in [1.82, 2.24) is 0 Å². The summed E-state index contributed by atoms with van der Waals surface area (Å²) in [5.41, 5.74) is 35.9. The molecular formula is C120H180Cl6N4OP3Ru3+. The molecule has 0 unspecified atom stereocenters. The van der Waals surface area contributed by atoms with Crippen molar-refractivity contribution in [2.24, 2.45) is 0 Å². The second kappa shape index (κ2) is 62.4. The summed E-state index contributed by atoms with van der Waals surface area (Å²) >= 11 is -5.00. The molecule has 137 heavy (non-hydrogen) atoms. The molecule has 11 fully saturated rings. The van der Waals surface area contributed by atoms with Gasteiger partial charge in [-0.2, -0.15) is 13.3 Å². The van der Waals surface area contributed by atoms with E-state index in [2.05, 4.69) is 165 Å². The van der Waals surface area contributed by atoms with E-state index in [0.29, 0.717) is 0 Å². The molecule has 7 aromatic carbocycles. The van der Waals surface area contributed by atoms with Crippen molar-refractivity contribution >= 4 is 118 Å². The number of rotatable bonds is 18. The molecule has 2 saturated heterocycles. The van der Waals surface area contributed by atoms with Gasteiger partial charge in [-0.15, -0.1) is 0 Å². The molecule has 5 nitrogen and oxygen atoms in total. The van der Waals surface area contributed by atoms with E-state index in [0.717, 1.165) is 48.6 Å². The van der Waals surface area contributed by atoms with Gasteiger partial charge in [0, 0.05) is 72.7 Å². The summed E-state index contributed by atoms with van der Waals surface area (Å²) in [4.78, 5) is 9.62. The van der Waals surface area contributed by atoms with E-state index in [9.17, 15) is 0 Å². The molecule has 2 heterocycles. The zero-order valence-electron chi connectivity index (χ0n) is 87.0. The average Bonchev–Trinajstić information content (AvgIpc) is 1.60. The van der Waals surface area contributed by atoms with Crippen LogP contribution in [0.3, 0.4) is 0 Å². The summed E-state index contributed by atoms with van der Waals surface area (Å²) in [5.74, 6) is 0.850. The molecule has 17 heteroatoms. The molecule has 11 aliphatic rings. The number of para-hydroxylation sites is 1. The van der Waals surface area contributed by atoms with E-state index in [-0.39, 0.29) is 29.9 Å². The van der Waals surface area contributed by atoms with Crippen molar-refractivity contribution in [3.05, 3.63) is 230 Å². The normalized spacial score (nSPS) is 19.7. The van der Waals surface area contributed by atoms with E-state index < -0.39 is 40.6 Å². The molecule has 0 amide bonds. The van der Waals surface area contributed by atoms with Gasteiger partial charge in [-0.3, -0.25) is 0 Å². The fourth-order valence-corrected chi connectivity index (χ4v) is 47.5. The second-order valence-electron chi connectivity index (χ2n) is 43.0. The molecule has 0 N–H and O–H groups in total. The van der Waals surface area contributed by atoms with Crippen molar-refractivity contribution in [3.8, 4) is 5.75 Å². The van der Waals surface area contributed by atoms with Crippen molar-refractivity contribution < 1.29 is 45.3 Å². The van der Waals surface area contributed by atoms with Crippen LogP contribution in [-0.2, 0) is 40.6 Å². The van der Waals surface area contributed by atoms with Crippen molar-refractivity contribution in [3.63, 3.8) is 0 Å². The maximum atomic E-state index is 5.82. The molecule has 2 aliphatic heterocycles. The summed E-state index contributed by atoms with van der Waals surface area (Å²) in [6.45, 7) is 39.1. The van der Waals surface area contributed by atoms with E-state index in [1.54, 1.807) is 289 Å². The Bertz CT molecular complexity index is 4100. The Morgan fingerprint density at radius 1 is 0.263 bits per heavy atom. The van der Waals surface area contributed by atoms with Crippen LogP contribution in [0.1, 0.15) is 386 Å². The third-order valence-electron chi connectivity index (χ3n) is 31.6. The molecule has 7 aromatic rings. The average molecular weight is 2300 g/mol. The van der Waals surface area contributed by atoms with Crippen LogP contribution in [0.2, 0.25) is 0 Å². The summed E-state index contributed by atoms with van der Waals surface area (Å²) in [6, 6.07) is 45.8. The summed E-state index contributed by atoms with van der Waals surface area (Å²) in [6.07, 6.45) is 71.5. The fourth-order valence-electron chi connectivity index (χ4n) is 26.3. The SMILES string of the molecule is C1CCC([PH+](C2CCCCC2)C2CCCCC2)CC1.C1CCC([PH+](C2CCCCC2)C2CCCCC2)CC1.C1CCC([PH+](C2CCCCC2)C2CCCCC2)CC1.CC(C)Oc1ccccc1[CH]=[Ru]([Cl])[Cl].Cc1cc(C)c(N2[CH-]N(c3c(C)cc(C)cc3C)CC2)c(C)c1.Cc1cc(C)c(N2[CH-]N(c3c(C)cc(C)cc3C)CC2)c(C)c1.[Cl][Ru]([Cl])=[CH]c1ccccc1.[Cl][Ru]([Cl])=[CH]c1ccccc1. The monoisotopic (exact) mass is 2300 g/mol. The van der Waals surface area contributed by atoms with Crippen LogP contribution in [0, 0.1) is 96.4 Å². The van der Waals surface area contributed by atoms with Crippen molar-refractivity contribution in [2.45, 2.75) is 443 Å². The second-order valence-corrected chi connectivity index (χ2v) is 70.5. The number of hydrogen-bond acceptors (Lipinski definition) is 5. The number of anilines is 4. The standard InChI is InChI=1S/2C21H27N2.3C18H33P.C10H12O.2C7H6.6ClH.3Ru/c2*1-14-9-16(3)20(17(4)10-14)22-7-8-23(13-22)21-18(5)11-15(2)12-19(21)6;3*1-4-10-16(11-5-1)19(17-12-6-2-7-13-17)18-14-8-3-9-15-18;1-8(2)11-10-7-5-4-6-9(10)3;2*1-7-5-3-2-4-6-7;;;;;;;;;/h2*9-13H,7-8H2,1-6H3;3*16-18H,1-15H2;3-8H,1-2H3;2*1-6H;6*1H;;;/q2*-1;;;;;;;;;;;;;3*+2/p-3. The van der Waals surface area contributed by atoms with Crippen LogP contribution < -0.4 is 24.3 Å². The van der Waals surface area contributed by atoms with E-state index in [1.165, 1.54) is 140 Å². The molecule has 0 atom stereocenters. The minimum atomic E-state index is -1.77. The fraction of sp³-hybridized carbons (Fsp3) is 0.608. The number of halogens is 6. The molecule has 18 rings (SSSR count). The molecule has 766 valence electrons. The van der Waals surface area contributed by atoms with Crippen LogP contribution in [0.15, 0.2) is 133 Å². The predicted molar refractivity (Wildman–Crippen MR) is 613 cm³/mol. The van der Waals surface area contributed by atoms with Gasteiger partial charge in [-0.1, -0.05) is 129 Å². The Balaban J connectivity index is 0.000000152. The first kappa shape index (κ1) is 115. The van der Waals surface area contributed by atoms with Crippen LogP contribution in [-0.4, -0.2) is 97.0 Å². The first-order valence-corrected chi connectivity index (χ1v) is 75.9. The third-order valence-corrected chi connectivity index (χ3v) is 50.8. The summed E-state index contributed by atoms with van der Waals surface area (Å²) < 4.78 is 11.4. The quantitative estimate of drug-likeness (QED) is 0.0484. The van der Waals surface area contributed by atoms with Crippen LogP contribution in [0.4, 0.5) is 22.7 Å². The molecular weight excluding hydrogens is 2120 g/mol. The zero-order valence-corrected chi connectivity index (χ0v) is 99.8. The number of benzene rings is 7. The Morgan fingerprint density at radius 2 is 0.445 bits per heavy atom. The molecule has 0 spiro atoms. The first-order valence-electron chi connectivity index (χ1n) is 54.3. The Labute approximate surface area is 879 Å². The summed E-state index contributed by atoms with van der Waals surface area (Å²) in [7, 11) is 34.2. The van der Waals surface area contributed by atoms with Gasteiger partial charge >= 0.3 is 245 Å². The van der Waals surface area contributed by atoms with Gasteiger partial charge < -0.3 is 19.6 Å². The van der Waals surface area contributed by atoms with Crippen LogP contribution in [0.25, 0.3) is 0 Å². The van der Waals surface area contributed by atoms with Gasteiger partial charge in [0.2, 0.25) is 0 Å². The van der Waals surface area contributed by atoms with Gasteiger partial charge in [0.25, 0.3) is 0 Å². The number of ether oxygens (including phenoxy) is 1. The molecule has 9 saturated carbocycles. The third kappa shape index (κ3) is 38.3. The zero-order chi connectivity index (χ0) is 97.5. The number of hydrogen-bond donors (Lipinski definition) is 0. The molecule has 0 radical (unpaired) electrons. The topological polar surface area (TPSA) is 22.2 Å². The van der Waals surface area contributed by atoms with Gasteiger partial charge in [-0.25, -0.2) is 0 Å². The Morgan fingerprint density at radius 3 is 0.628 bits per heavy atom. The number of nitrogens with zero attached hydrogens (tertiary/aromatic N) is 4. The van der Waals surface area contributed by atoms with Gasteiger partial charge in [-0.05, 0) is 359 Å². The maximum absolute atomic E-state index is 5.82. The number of aryl methyl sites for hydroxylation is 12. The predicted octanol–water partition coefficient (Wildman–Crippen LogP) is 37.6. The van der Waals surface area contributed by atoms with Crippen LogP contribution >= 0.6 is 81.9 Å². The van der Waals surface area contributed by atoms with Gasteiger partial charge in [0.05, 0.1) is 50.9 Å². The Hall–Kier alpha value is -1.95. The van der Waals surface area contributed by atoms with E-state index in [1.807, 2.05) is 113 Å². The molecule has 9 aliphatic carbocycles. The van der Waals surface area contributed by atoms with E-state index in [4.69, 9.17) is 62.9 Å². The van der Waals surface area contributed by atoms with Gasteiger partial charge in [0.1, 0.15) is 0 Å².